The number of nitrogens with zero attached hydrogens (tertiary/aromatic N) is 6. The van der Waals surface area contributed by atoms with E-state index in [1.807, 2.05) is 18.7 Å². The summed E-state index contributed by atoms with van der Waals surface area (Å²) < 4.78 is 52.6. The van der Waals surface area contributed by atoms with E-state index in [0.29, 0.717) is 49.4 Å². The van der Waals surface area contributed by atoms with Crippen LogP contribution < -0.4 is 20.3 Å². The summed E-state index contributed by atoms with van der Waals surface area (Å²) in [5, 5.41) is 4.05. The lowest BCUT2D eigenvalue weighted by Gasteiger charge is -2.30. The predicted molar refractivity (Wildman–Crippen MR) is 139 cm³/mol. The van der Waals surface area contributed by atoms with Crippen molar-refractivity contribution in [2.45, 2.75) is 57.4 Å². The number of anilines is 2. The molecule has 2 atom stereocenters. The van der Waals surface area contributed by atoms with Crippen LogP contribution in [0.25, 0.3) is 0 Å². The molecule has 0 spiro atoms. The molecule has 12 heteroatoms. The largest absolute Gasteiger partial charge is 0.490 e. The third-order valence-corrected chi connectivity index (χ3v) is 7.56. The zero-order chi connectivity index (χ0) is 27.5. The van der Waals surface area contributed by atoms with Crippen LogP contribution in [0.4, 0.5) is 25.1 Å². The Hall–Kier alpha value is -3.41. The maximum atomic E-state index is 14.3. The summed E-state index contributed by atoms with van der Waals surface area (Å²) >= 11 is 0. The molecule has 2 saturated heterocycles. The van der Waals surface area contributed by atoms with Gasteiger partial charge in [-0.05, 0) is 43.2 Å². The molecule has 0 unspecified atom stereocenters. The van der Waals surface area contributed by atoms with Crippen molar-refractivity contribution in [2.75, 3.05) is 42.6 Å². The Labute approximate surface area is 225 Å². The van der Waals surface area contributed by atoms with Crippen molar-refractivity contribution in [3.05, 3.63) is 53.4 Å². The van der Waals surface area contributed by atoms with Crippen molar-refractivity contribution in [2.24, 2.45) is 11.7 Å². The van der Waals surface area contributed by atoms with E-state index >= 15 is 0 Å². The Balaban J connectivity index is 1.05. The van der Waals surface area contributed by atoms with E-state index in [0.717, 1.165) is 50.7 Å². The van der Waals surface area contributed by atoms with Crippen LogP contribution in [0.5, 0.6) is 5.75 Å². The van der Waals surface area contributed by atoms with Crippen LogP contribution in [0.1, 0.15) is 62.8 Å². The Bertz CT molecular complexity index is 1250. The van der Waals surface area contributed by atoms with Gasteiger partial charge in [0, 0.05) is 50.1 Å². The van der Waals surface area contributed by atoms with E-state index in [2.05, 4.69) is 25.0 Å². The summed E-state index contributed by atoms with van der Waals surface area (Å²) in [6.07, 6.45) is 7.35. The van der Waals surface area contributed by atoms with Crippen molar-refractivity contribution >= 4 is 12.0 Å². The first-order valence-electron chi connectivity index (χ1n) is 13.5. The van der Waals surface area contributed by atoms with Crippen LogP contribution in [0.15, 0.2) is 29.0 Å². The Morgan fingerprint density at radius 3 is 2.44 bits per heavy atom. The van der Waals surface area contributed by atoms with Gasteiger partial charge in [-0.15, -0.1) is 0 Å². The number of halogens is 3. The summed E-state index contributed by atoms with van der Waals surface area (Å²) in [6, 6.07) is 1.59. The van der Waals surface area contributed by atoms with E-state index in [1.165, 1.54) is 0 Å². The third-order valence-electron chi connectivity index (χ3n) is 7.56. The molecule has 3 aromatic rings. The predicted octanol–water partition coefficient (Wildman–Crippen LogP) is 4.41. The van der Waals surface area contributed by atoms with Crippen LogP contribution in [0.3, 0.4) is 0 Å². The molecular formula is C27H34F3N7O2. The number of ether oxygens (including phenoxy) is 1. The van der Waals surface area contributed by atoms with Crippen molar-refractivity contribution in [1.82, 2.24) is 20.1 Å². The molecule has 2 aliphatic rings. The summed E-state index contributed by atoms with van der Waals surface area (Å²) in [5.41, 5.74) is 6.26. The van der Waals surface area contributed by atoms with Gasteiger partial charge in [0.2, 0.25) is 5.95 Å². The monoisotopic (exact) mass is 545 g/mol. The second-order valence-electron chi connectivity index (χ2n) is 10.7. The standard InChI is InChI=1S/C27H34F3N7O2/c1-16(2)25-34-27(39-35-25)36-7-5-17(6-8-36)4-3-9-38-18-12-32-26(33-13-18)37-14-20(24(31)15-37)19-10-22(29)23(30)11-21(19)28/h10-13,16-17,20,24H,3-9,14-15,31H2,1-2H3/t20-,24+/m1/s1. The number of hydrogen-bond donors (Lipinski definition) is 1. The topological polar surface area (TPSA) is 106 Å². The Kier molecular flexibility index (Phi) is 8.20. The lowest BCUT2D eigenvalue weighted by atomic mass is 9.92. The maximum Gasteiger partial charge on any atom is 0.324 e. The molecule has 39 heavy (non-hydrogen) atoms. The van der Waals surface area contributed by atoms with Crippen LogP contribution in [-0.4, -0.2) is 58.9 Å². The molecule has 0 aliphatic carbocycles. The molecule has 0 bridgehead atoms. The van der Waals surface area contributed by atoms with Gasteiger partial charge in [0.15, 0.2) is 23.2 Å². The highest BCUT2D eigenvalue weighted by Crippen LogP contribution is 2.32. The van der Waals surface area contributed by atoms with Crippen molar-refractivity contribution in [3.63, 3.8) is 0 Å². The van der Waals surface area contributed by atoms with Crippen LogP contribution in [-0.2, 0) is 0 Å². The molecule has 2 aliphatic heterocycles. The molecule has 4 heterocycles. The smallest absolute Gasteiger partial charge is 0.324 e. The van der Waals surface area contributed by atoms with Gasteiger partial charge in [-0.1, -0.05) is 19.0 Å². The van der Waals surface area contributed by atoms with Gasteiger partial charge in [0.05, 0.1) is 19.0 Å². The van der Waals surface area contributed by atoms with Crippen LogP contribution >= 0.6 is 0 Å². The minimum atomic E-state index is -1.22. The average Bonchev–Trinajstić information content (AvgIpc) is 3.57. The van der Waals surface area contributed by atoms with E-state index in [4.69, 9.17) is 15.0 Å². The van der Waals surface area contributed by atoms with Gasteiger partial charge in [-0.3, -0.25) is 0 Å². The second-order valence-corrected chi connectivity index (χ2v) is 10.7. The van der Waals surface area contributed by atoms with Gasteiger partial charge >= 0.3 is 6.01 Å². The molecule has 0 saturated carbocycles. The minimum Gasteiger partial charge on any atom is -0.490 e. The molecule has 9 nitrogen and oxygen atoms in total. The zero-order valence-electron chi connectivity index (χ0n) is 22.2. The van der Waals surface area contributed by atoms with Crippen molar-refractivity contribution < 1.29 is 22.4 Å². The molecule has 2 fully saturated rings. The molecule has 2 aromatic heterocycles. The van der Waals surface area contributed by atoms with Crippen LogP contribution in [0, 0.1) is 23.4 Å². The summed E-state index contributed by atoms with van der Waals surface area (Å²) in [6.45, 7) is 7.14. The lowest BCUT2D eigenvalue weighted by molar-refractivity contribution is 0.275. The highest BCUT2D eigenvalue weighted by molar-refractivity contribution is 5.39. The average molecular weight is 546 g/mol. The maximum absolute atomic E-state index is 14.3. The molecule has 5 rings (SSSR count). The van der Waals surface area contributed by atoms with Gasteiger partial charge in [0.1, 0.15) is 5.82 Å². The van der Waals surface area contributed by atoms with Crippen molar-refractivity contribution in [1.29, 1.82) is 0 Å². The van der Waals surface area contributed by atoms with E-state index < -0.39 is 29.4 Å². The quantitative estimate of drug-likeness (QED) is 0.309. The molecule has 0 radical (unpaired) electrons. The highest BCUT2D eigenvalue weighted by Gasteiger charge is 2.35. The number of nitrogens with two attached hydrogens (primary N) is 1. The third kappa shape index (κ3) is 6.26. The highest BCUT2D eigenvalue weighted by atomic mass is 19.2. The van der Waals surface area contributed by atoms with Gasteiger partial charge in [0.25, 0.3) is 0 Å². The van der Waals surface area contributed by atoms with Gasteiger partial charge < -0.3 is 24.8 Å². The molecular weight excluding hydrogens is 511 g/mol. The number of rotatable bonds is 9. The first-order valence-corrected chi connectivity index (χ1v) is 13.5. The molecule has 0 amide bonds. The fraction of sp³-hybridized carbons (Fsp3) is 0.556. The fourth-order valence-corrected chi connectivity index (χ4v) is 5.25. The van der Waals surface area contributed by atoms with E-state index in [9.17, 15) is 13.2 Å². The Morgan fingerprint density at radius 1 is 1.03 bits per heavy atom. The summed E-state index contributed by atoms with van der Waals surface area (Å²) in [5.74, 6) is -1.01. The molecule has 210 valence electrons. The first-order chi connectivity index (χ1) is 18.8. The van der Waals surface area contributed by atoms with Gasteiger partial charge in [-0.25, -0.2) is 23.1 Å². The Morgan fingerprint density at radius 2 is 1.74 bits per heavy atom. The number of aromatic nitrogens is 4. The fourth-order valence-electron chi connectivity index (χ4n) is 5.25. The minimum absolute atomic E-state index is 0.0597. The second kappa shape index (κ2) is 11.8. The zero-order valence-corrected chi connectivity index (χ0v) is 22.2. The van der Waals surface area contributed by atoms with E-state index in [-0.39, 0.29) is 11.5 Å². The number of benzene rings is 1. The first kappa shape index (κ1) is 27.2. The SMILES string of the molecule is CC(C)c1noc(N2CCC(CCCOc3cnc(N4C[C@H](c5cc(F)c(F)cc5F)[C@@H](N)C4)nc3)CC2)n1. The normalized spacial score (nSPS) is 20.3. The van der Waals surface area contributed by atoms with E-state index in [1.54, 1.807) is 12.4 Å². The van der Waals surface area contributed by atoms with Crippen LogP contribution in [0.2, 0.25) is 0 Å². The van der Waals surface area contributed by atoms with Gasteiger partial charge in [-0.2, -0.15) is 4.98 Å². The number of hydrogen-bond acceptors (Lipinski definition) is 9. The molecule has 2 N–H and O–H groups in total. The number of piperidine rings is 1. The molecule has 1 aromatic carbocycles. The summed E-state index contributed by atoms with van der Waals surface area (Å²) in [7, 11) is 0. The van der Waals surface area contributed by atoms with Crippen molar-refractivity contribution in [3.8, 4) is 5.75 Å². The lowest BCUT2D eigenvalue weighted by Crippen LogP contribution is -2.34. The summed E-state index contributed by atoms with van der Waals surface area (Å²) in [4.78, 5) is 17.2.